The second-order valence-electron chi connectivity index (χ2n) is 4.12. The predicted molar refractivity (Wildman–Crippen MR) is 82.2 cm³/mol. The van der Waals surface area contributed by atoms with Crippen LogP contribution in [0.15, 0.2) is 12.1 Å². The first kappa shape index (κ1) is 19.0. The SMILES string of the molecule is CC[C@H](N)C(=O)Nc1cc(OC)c(OC)cc1C(N)=O.Cl. The molecule has 0 heterocycles. The Labute approximate surface area is 129 Å². The van der Waals surface area contributed by atoms with Crippen LogP contribution in [-0.4, -0.2) is 32.1 Å². The number of carbonyl (C=O) groups excluding carboxylic acids is 2. The van der Waals surface area contributed by atoms with Crippen LogP contribution in [0.5, 0.6) is 11.5 Å². The fourth-order valence-corrected chi connectivity index (χ4v) is 1.60. The van der Waals surface area contributed by atoms with Crippen molar-refractivity contribution in [3.63, 3.8) is 0 Å². The van der Waals surface area contributed by atoms with E-state index in [1.807, 2.05) is 0 Å². The van der Waals surface area contributed by atoms with Crippen molar-refractivity contribution in [3.05, 3.63) is 17.7 Å². The quantitative estimate of drug-likeness (QED) is 0.720. The van der Waals surface area contributed by atoms with Crippen LogP contribution in [0.4, 0.5) is 5.69 Å². The van der Waals surface area contributed by atoms with E-state index in [2.05, 4.69) is 5.32 Å². The van der Waals surface area contributed by atoms with E-state index in [9.17, 15) is 9.59 Å². The van der Waals surface area contributed by atoms with Gasteiger partial charge in [0.1, 0.15) is 0 Å². The van der Waals surface area contributed by atoms with Gasteiger partial charge in [-0.3, -0.25) is 9.59 Å². The highest BCUT2D eigenvalue weighted by Gasteiger charge is 2.18. The van der Waals surface area contributed by atoms with Crippen molar-refractivity contribution in [1.29, 1.82) is 0 Å². The molecular formula is C13H20ClN3O4. The van der Waals surface area contributed by atoms with Crippen molar-refractivity contribution in [2.75, 3.05) is 19.5 Å². The summed E-state index contributed by atoms with van der Waals surface area (Å²) in [6.45, 7) is 1.79. The molecule has 1 aromatic rings. The van der Waals surface area contributed by atoms with E-state index < -0.39 is 17.9 Å². The standard InChI is InChI=1S/C13H19N3O4.ClH/c1-4-8(14)13(18)16-9-6-11(20-3)10(19-2)5-7(9)12(15)17;/h5-6,8H,4,14H2,1-3H3,(H2,15,17)(H,16,18);1H/t8-;/m0./s1. The largest absolute Gasteiger partial charge is 0.493 e. The number of halogens is 1. The highest BCUT2D eigenvalue weighted by molar-refractivity contribution is 6.04. The maximum atomic E-state index is 11.8. The topological polar surface area (TPSA) is 117 Å². The average molecular weight is 318 g/mol. The molecule has 0 radical (unpaired) electrons. The summed E-state index contributed by atoms with van der Waals surface area (Å²) in [6, 6.07) is 2.22. The van der Waals surface area contributed by atoms with Crippen molar-refractivity contribution in [2.45, 2.75) is 19.4 Å². The zero-order valence-electron chi connectivity index (χ0n) is 12.1. The van der Waals surface area contributed by atoms with Crippen LogP contribution in [0.2, 0.25) is 0 Å². The molecule has 0 aromatic heterocycles. The Balaban J connectivity index is 0.00000400. The highest BCUT2D eigenvalue weighted by Crippen LogP contribution is 2.33. The maximum absolute atomic E-state index is 11.8. The van der Waals surface area contributed by atoms with Gasteiger partial charge in [-0.2, -0.15) is 0 Å². The lowest BCUT2D eigenvalue weighted by Crippen LogP contribution is -2.35. The molecule has 0 aliphatic carbocycles. The Kier molecular flexibility index (Phi) is 7.54. The molecule has 1 aromatic carbocycles. The number of hydrogen-bond acceptors (Lipinski definition) is 5. The van der Waals surface area contributed by atoms with Gasteiger partial charge in [-0.05, 0) is 12.5 Å². The minimum absolute atomic E-state index is 0. The van der Waals surface area contributed by atoms with Crippen LogP contribution < -0.4 is 26.3 Å². The molecule has 8 heteroatoms. The van der Waals surface area contributed by atoms with Crippen LogP contribution in [0.25, 0.3) is 0 Å². The van der Waals surface area contributed by atoms with Gasteiger partial charge in [-0.25, -0.2) is 0 Å². The fraction of sp³-hybridized carbons (Fsp3) is 0.385. The number of amides is 2. The van der Waals surface area contributed by atoms with E-state index in [-0.39, 0.29) is 23.7 Å². The van der Waals surface area contributed by atoms with Crippen LogP contribution in [0.3, 0.4) is 0 Å². The summed E-state index contributed by atoms with van der Waals surface area (Å²) in [6.07, 6.45) is 0.477. The summed E-state index contributed by atoms with van der Waals surface area (Å²) in [5, 5.41) is 2.57. The molecule has 7 nitrogen and oxygen atoms in total. The first-order chi connectivity index (χ1) is 9.44. The fourth-order valence-electron chi connectivity index (χ4n) is 1.60. The Morgan fingerprint density at radius 2 is 1.76 bits per heavy atom. The lowest BCUT2D eigenvalue weighted by atomic mass is 10.1. The molecule has 0 fully saturated rings. The predicted octanol–water partition coefficient (Wildman–Crippen LogP) is 0.900. The van der Waals surface area contributed by atoms with Crippen molar-refractivity contribution in [1.82, 2.24) is 0 Å². The number of nitrogens with two attached hydrogens (primary N) is 2. The third kappa shape index (κ3) is 4.51. The van der Waals surface area contributed by atoms with Gasteiger partial charge < -0.3 is 26.3 Å². The molecule has 5 N–H and O–H groups in total. The number of benzene rings is 1. The smallest absolute Gasteiger partial charge is 0.250 e. The molecule has 0 saturated carbocycles. The van der Waals surface area contributed by atoms with Crippen LogP contribution >= 0.6 is 12.4 Å². The maximum Gasteiger partial charge on any atom is 0.250 e. The number of primary amides is 1. The third-order valence-electron chi connectivity index (χ3n) is 2.82. The molecule has 1 rings (SSSR count). The summed E-state index contributed by atoms with van der Waals surface area (Å²) in [5.41, 5.74) is 11.3. The molecule has 0 aliphatic heterocycles. The Morgan fingerprint density at radius 3 is 2.19 bits per heavy atom. The van der Waals surface area contributed by atoms with Gasteiger partial charge in [0, 0.05) is 6.07 Å². The van der Waals surface area contributed by atoms with Crippen LogP contribution in [-0.2, 0) is 4.79 Å². The zero-order chi connectivity index (χ0) is 15.3. The van der Waals surface area contributed by atoms with Crippen LogP contribution in [0, 0.1) is 0 Å². The Bertz CT molecular complexity index is 522. The minimum Gasteiger partial charge on any atom is -0.493 e. The molecule has 0 spiro atoms. The number of ether oxygens (including phenoxy) is 2. The van der Waals surface area contributed by atoms with Gasteiger partial charge >= 0.3 is 0 Å². The molecule has 0 bridgehead atoms. The lowest BCUT2D eigenvalue weighted by Gasteiger charge is -2.15. The summed E-state index contributed by atoms with van der Waals surface area (Å²) >= 11 is 0. The minimum atomic E-state index is -0.689. The molecule has 0 saturated heterocycles. The van der Waals surface area contributed by atoms with Gasteiger partial charge in [0.05, 0.1) is 31.5 Å². The number of rotatable bonds is 6. The number of anilines is 1. The lowest BCUT2D eigenvalue weighted by molar-refractivity contribution is -0.117. The van der Waals surface area contributed by atoms with E-state index in [1.165, 1.54) is 26.4 Å². The average Bonchev–Trinajstić information content (AvgIpc) is 2.45. The van der Waals surface area contributed by atoms with Crippen molar-refractivity contribution < 1.29 is 19.1 Å². The van der Waals surface area contributed by atoms with Gasteiger partial charge in [-0.15, -0.1) is 12.4 Å². The molecular weight excluding hydrogens is 298 g/mol. The van der Waals surface area contributed by atoms with Crippen molar-refractivity contribution in [2.24, 2.45) is 11.5 Å². The van der Waals surface area contributed by atoms with Crippen LogP contribution in [0.1, 0.15) is 23.7 Å². The normalized spacial score (nSPS) is 11.0. The first-order valence-corrected chi connectivity index (χ1v) is 6.06. The number of hydrogen-bond donors (Lipinski definition) is 3. The van der Waals surface area contributed by atoms with Gasteiger partial charge in [0.2, 0.25) is 5.91 Å². The second kappa shape index (κ2) is 8.33. The summed E-state index contributed by atoms with van der Waals surface area (Å²) < 4.78 is 10.2. The third-order valence-corrected chi connectivity index (χ3v) is 2.82. The molecule has 118 valence electrons. The van der Waals surface area contributed by atoms with E-state index in [0.29, 0.717) is 17.9 Å². The van der Waals surface area contributed by atoms with E-state index >= 15 is 0 Å². The van der Waals surface area contributed by atoms with Gasteiger partial charge in [-0.1, -0.05) is 6.92 Å². The number of carbonyl (C=O) groups is 2. The van der Waals surface area contributed by atoms with Gasteiger partial charge in [0.15, 0.2) is 11.5 Å². The molecule has 0 unspecified atom stereocenters. The van der Waals surface area contributed by atoms with Gasteiger partial charge in [0.25, 0.3) is 5.91 Å². The molecule has 1 atom stereocenters. The van der Waals surface area contributed by atoms with E-state index in [4.69, 9.17) is 20.9 Å². The first-order valence-electron chi connectivity index (χ1n) is 6.06. The summed E-state index contributed by atoms with van der Waals surface area (Å²) in [7, 11) is 2.89. The zero-order valence-corrected chi connectivity index (χ0v) is 13.0. The number of methoxy groups -OCH3 is 2. The number of nitrogens with one attached hydrogen (secondary N) is 1. The molecule has 0 aliphatic rings. The molecule has 21 heavy (non-hydrogen) atoms. The Hall–Kier alpha value is -1.99. The summed E-state index contributed by atoms with van der Waals surface area (Å²) in [4.78, 5) is 23.3. The Morgan fingerprint density at radius 1 is 1.24 bits per heavy atom. The monoisotopic (exact) mass is 317 g/mol. The summed E-state index contributed by atoms with van der Waals surface area (Å²) in [5.74, 6) is -0.370. The van der Waals surface area contributed by atoms with Crippen molar-refractivity contribution >= 4 is 29.9 Å². The second-order valence-corrected chi connectivity index (χ2v) is 4.12. The van der Waals surface area contributed by atoms with Crippen molar-refractivity contribution in [3.8, 4) is 11.5 Å². The van der Waals surface area contributed by atoms with E-state index in [1.54, 1.807) is 6.92 Å². The highest BCUT2D eigenvalue weighted by atomic mass is 35.5. The van der Waals surface area contributed by atoms with E-state index in [0.717, 1.165) is 0 Å². The molecule has 2 amide bonds.